The molecule has 1 aromatic heterocycles. The van der Waals surface area contributed by atoms with E-state index in [1.54, 1.807) is 17.0 Å². The molecule has 2 amide bonds. The van der Waals surface area contributed by atoms with Crippen LogP contribution in [0.2, 0.25) is 0 Å². The summed E-state index contributed by atoms with van der Waals surface area (Å²) in [4.78, 5) is 34.8. The van der Waals surface area contributed by atoms with Crippen molar-refractivity contribution in [3.63, 3.8) is 0 Å². The van der Waals surface area contributed by atoms with Gasteiger partial charge in [0.25, 0.3) is 5.91 Å². The molecule has 7 nitrogen and oxygen atoms in total. The molecule has 3 aromatic carbocycles. The topological polar surface area (TPSA) is 79.5 Å². The first-order chi connectivity index (χ1) is 18.0. The number of likely N-dealkylation sites (tertiary alicyclic amines) is 1. The second-order valence-corrected chi connectivity index (χ2v) is 10.0. The third-order valence-electron chi connectivity index (χ3n) is 6.61. The summed E-state index contributed by atoms with van der Waals surface area (Å²) in [5.41, 5.74) is 1.38. The van der Waals surface area contributed by atoms with Gasteiger partial charge in [-0.1, -0.05) is 57.5 Å². The maximum absolute atomic E-state index is 13.5. The molecular weight excluding hydrogens is 532 g/mol. The van der Waals surface area contributed by atoms with Crippen LogP contribution in [-0.4, -0.2) is 51.4 Å². The van der Waals surface area contributed by atoms with Crippen LogP contribution in [0, 0.1) is 0 Å². The molecule has 8 heteroatoms. The van der Waals surface area contributed by atoms with Crippen molar-refractivity contribution < 1.29 is 14.1 Å². The highest BCUT2D eigenvalue weighted by molar-refractivity contribution is 9.10. The van der Waals surface area contributed by atoms with Crippen LogP contribution >= 0.6 is 15.9 Å². The minimum atomic E-state index is -0.320. The summed E-state index contributed by atoms with van der Waals surface area (Å²) in [6.07, 6.45) is 4.21. The SMILES string of the molecule is C=CCN(CC(=O)N1CCCCC1c1nc(-c2ccc(Br)cc2)no1)C(=O)c1ccc2ccccc2c1. The molecule has 1 fully saturated rings. The zero-order valence-electron chi connectivity index (χ0n) is 20.3. The highest BCUT2D eigenvalue weighted by atomic mass is 79.9. The number of aromatic nitrogens is 2. The molecule has 0 bridgehead atoms. The highest BCUT2D eigenvalue weighted by Crippen LogP contribution is 2.31. The van der Waals surface area contributed by atoms with Gasteiger partial charge in [0.05, 0.1) is 0 Å². The average molecular weight is 559 g/mol. The van der Waals surface area contributed by atoms with Gasteiger partial charge in [-0.2, -0.15) is 4.98 Å². The number of carbonyl (C=O) groups is 2. The zero-order chi connectivity index (χ0) is 25.8. The van der Waals surface area contributed by atoms with E-state index in [-0.39, 0.29) is 30.9 Å². The lowest BCUT2D eigenvalue weighted by molar-refractivity contribution is -0.136. The molecule has 2 heterocycles. The van der Waals surface area contributed by atoms with Crippen LogP contribution in [0.15, 0.2) is 88.4 Å². The summed E-state index contributed by atoms with van der Waals surface area (Å²) < 4.78 is 6.58. The molecule has 0 radical (unpaired) electrons. The van der Waals surface area contributed by atoms with Gasteiger partial charge >= 0.3 is 0 Å². The Balaban J connectivity index is 1.34. The standard InChI is InChI=1S/C29H27BrN4O3/c1-2-16-33(29(36)23-11-10-20-7-3-4-8-22(20)18-23)19-26(35)34-17-6-5-9-25(34)28-31-27(32-37-28)21-12-14-24(30)15-13-21/h2-4,7-8,10-15,18,25H,1,5-6,9,16-17,19H2. The van der Waals surface area contributed by atoms with Gasteiger partial charge in [-0.15, -0.1) is 6.58 Å². The molecule has 37 heavy (non-hydrogen) atoms. The number of fused-ring (bicyclic) bond motifs is 1. The molecule has 1 aliphatic rings. The van der Waals surface area contributed by atoms with Crippen LogP contribution in [0.25, 0.3) is 22.2 Å². The van der Waals surface area contributed by atoms with E-state index in [1.807, 2.05) is 60.7 Å². The van der Waals surface area contributed by atoms with Crippen molar-refractivity contribution in [2.24, 2.45) is 0 Å². The van der Waals surface area contributed by atoms with Gasteiger partial charge in [0.2, 0.25) is 17.6 Å². The number of halogens is 1. The van der Waals surface area contributed by atoms with Gasteiger partial charge in [-0.05, 0) is 66.4 Å². The van der Waals surface area contributed by atoms with Crippen LogP contribution in [0.5, 0.6) is 0 Å². The number of carbonyl (C=O) groups excluding carboxylic acids is 2. The Bertz CT molecular complexity index is 1430. The summed E-state index contributed by atoms with van der Waals surface area (Å²) in [6, 6.07) is 20.8. The fourth-order valence-corrected chi connectivity index (χ4v) is 4.97. The van der Waals surface area contributed by atoms with Crippen molar-refractivity contribution in [1.82, 2.24) is 19.9 Å². The molecule has 5 rings (SSSR count). The molecule has 1 unspecified atom stereocenters. The number of hydrogen-bond acceptors (Lipinski definition) is 5. The summed E-state index contributed by atoms with van der Waals surface area (Å²) in [5, 5.41) is 6.19. The smallest absolute Gasteiger partial charge is 0.254 e. The molecular formula is C29H27BrN4O3. The number of hydrogen-bond donors (Lipinski definition) is 0. The normalized spacial score (nSPS) is 15.5. The van der Waals surface area contributed by atoms with Crippen molar-refractivity contribution in [1.29, 1.82) is 0 Å². The Hall–Kier alpha value is -3.78. The van der Waals surface area contributed by atoms with Crippen molar-refractivity contribution >= 4 is 38.5 Å². The molecule has 1 saturated heterocycles. The lowest BCUT2D eigenvalue weighted by Gasteiger charge is -2.35. The molecule has 0 N–H and O–H groups in total. The molecule has 0 spiro atoms. The number of benzene rings is 3. The van der Waals surface area contributed by atoms with Crippen LogP contribution in [-0.2, 0) is 4.79 Å². The van der Waals surface area contributed by atoms with Gasteiger partial charge in [-0.3, -0.25) is 9.59 Å². The molecule has 0 aliphatic carbocycles. The first kappa shape index (κ1) is 24.9. The lowest BCUT2D eigenvalue weighted by Crippen LogP contribution is -2.46. The van der Waals surface area contributed by atoms with Gasteiger partial charge in [0.1, 0.15) is 12.6 Å². The van der Waals surface area contributed by atoms with Gasteiger partial charge in [0, 0.05) is 28.7 Å². The summed E-state index contributed by atoms with van der Waals surface area (Å²) in [5.74, 6) is 0.550. The first-order valence-corrected chi connectivity index (χ1v) is 13.1. The second kappa shape index (κ2) is 11.1. The van der Waals surface area contributed by atoms with Crippen molar-refractivity contribution in [3.05, 3.63) is 95.3 Å². The van der Waals surface area contributed by atoms with Crippen LogP contribution < -0.4 is 0 Å². The van der Waals surface area contributed by atoms with E-state index in [0.717, 1.165) is 40.1 Å². The van der Waals surface area contributed by atoms with Gasteiger partial charge < -0.3 is 14.3 Å². The van der Waals surface area contributed by atoms with E-state index in [1.165, 1.54) is 4.90 Å². The van der Waals surface area contributed by atoms with Crippen LogP contribution in [0.1, 0.15) is 41.6 Å². The van der Waals surface area contributed by atoms with Crippen LogP contribution in [0.4, 0.5) is 0 Å². The van der Waals surface area contributed by atoms with Crippen molar-refractivity contribution in [2.75, 3.05) is 19.6 Å². The maximum Gasteiger partial charge on any atom is 0.254 e. The summed E-state index contributed by atoms with van der Waals surface area (Å²) >= 11 is 3.43. The molecule has 1 atom stereocenters. The van der Waals surface area contributed by atoms with E-state index < -0.39 is 0 Å². The quantitative estimate of drug-likeness (QED) is 0.258. The second-order valence-electron chi connectivity index (χ2n) is 9.10. The predicted octanol–water partition coefficient (Wildman–Crippen LogP) is 6.03. The fraction of sp³-hybridized carbons (Fsp3) is 0.241. The molecule has 1 aliphatic heterocycles. The van der Waals surface area contributed by atoms with Crippen LogP contribution in [0.3, 0.4) is 0 Å². The average Bonchev–Trinajstić information content (AvgIpc) is 3.43. The Morgan fingerprint density at radius 2 is 1.86 bits per heavy atom. The highest BCUT2D eigenvalue weighted by Gasteiger charge is 2.33. The summed E-state index contributed by atoms with van der Waals surface area (Å²) in [7, 11) is 0. The van der Waals surface area contributed by atoms with Crippen molar-refractivity contribution in [2.45, 2.75) is 25.3 Å². The first-order valence-electron chi connectivity index (χ1n) is 12.3. The van der Waals surface area contributed by atoms with E-state index in [2.05, 4.69) is 32.6 Å². The molecule has 188 valence electrons. The van der Waals surface area contributed by atoms with E-state index in [4.69, 9.17) is 4.52 Å². The van der Waals surface area contributed by atoms with Crippen molar-refractivity contribution in [3.8, 4) is 11.4 Å². The van der Waals surface area contributed by atoms with E-state index in [0.29, 0.717) is 23.8 Å². The Kier molecular flexibility index (Phi) is 7.46. The fourth-order valence-electron chi connectivity index (χ4n) is 4.71. The Labute approximate surface area is 223 Å². The Morgan fingerprint density at radius 3 is 2.65 bits per heavy atom. The number of piperidine rings is 1. The summed E-state index contributed by atoms with van der Waals surface area (Å²) in [6.45, 7) is 4.58. The monoisotopic (exact) mass is 558 g/mol. The largest absolute Gasteiger partial charge is 0.337 e. The van der Waals surface area contributed by atoms with Gasteiger partial charge in [0.15, 0.2) is 0 Å². The predicted molar refractivity (Wildman–Crippen MR) is 146 cm³/mol. The minimum absolute atomic E-state index is 0.0537. The van der Waals surface area contributed by atoms with E-state index in [9.17, 15) is 9.59 Å². The lowest BCUT2D eigenvalue weighted by atomic mass is 10.0. The third-order valence-corrected chi connectivity index (χ3v) is 7.14. The number of amides is 2. The minimum Gasteiger partial charge on any atom is -0.337 e. The third kappa shape index (κ3) is 5.49. The molecule has 4 aromatic rings. The van der Waals surface area contributed by atoms with Gasteiger partial charge in [-0.25, -0.2) is 0 Å². The zero-order valence-corrected chi connectivity index (χ0v) is 21.9. The molecule has 0 saturated carbocycles. The Morgan fingerprint density at radius 1 is 1.08 bits per heavy atom. The van der Waals surface area contributed by atoms with E-state index >= 15 is 0 Å². The number of nitrogens with zero attached hydrogens (tertiary/aromatic N) is 4. The maximum atomic E-state index is 13.5. The number of rotatable bonds is 7.